The van der Waals surface area contributed by atoms with Gasteiger partial charge in [-0.3, -0.25) is 4.79 Å². The number of nitrogens with zero attached hydrogens (tertiary/aromatic N) is 5. The molecule has 1 aromatic carbocycles. The minimum absolute atomic E-state index is 0.00273. The fraction of sp³-hybridized carbons (Fsp3) is 0.545. The van der Waals surface area contributed by atoms with Gasteiger partial charge in [-0.25, -0.2) is 9.48 Å². The van der Waals surface area contributed by atoms with E-state index >= 15 is 0 Å². The van der Waals surface area contributed by atoms with Crippen molar-refractivity contribution in [2.24, 2.45) is 0 Å². The Morgan fingerprint density at radius 1 is 1.19 bits per heavy atom. The molecule has 3 amide bonds. The predicted molar refractivity (Wildman–Crippen MR) is 115 cm³/mol. The van der Waals surface area contributed by atoms with Crippen molar-refractivity contribution in [2.75, 3.05) is 26.2 Å². The number of amides is 3. The van der Waals surface area contributed by atoms with Crippen LogP contribution in [-0.2, 0) is 17.7 Å². The molecule has 31 heavy (non-hydrogen) atoms. The number of benzene rings is 1. The van der Waals surface area contributed by atoms with E-state index < -0.39 is 0 Å². The molecule has 166 valence electrons. The summed E-state index contributed by atoms with van der Waals surface area (Å²) in [6.07, 6.45) is 0.720. The van der Waals surface area contributed by atoms with Gasteiger partial charge in [-0.05, 0) is 51.3 Å². The average molecular weight is 427 g/mol. The minimum Gasteiger partial charge on any atom is -0.372 e. The van der Waals surface area contributed by atoms with Crippen LogP contribution in [0, 0.1) is 6.92 Å². The minimum atomic E-state index is -0.113. The number of carbonyl (C=O) groups is 2. The maximum Gasteiger partial charge on any atom is 0.317 e. The van der Waals surface area contributed by atoms with Gasteiger partial charge in [0.15, 0.2) is 5.69 Å². The Bertz CT molecular complexity index is 978. The Hall–Kier alpha value is -2.94. The van der Waals surface area contributed by atoms with Crippen molar-refractivity contribution in [1.29, 1.82) is 0 Å². The molecule has 1 N–H and O–H groups in total. The molecule has 2 atom stereocenters. The van der Waals surface area contributed by atoms with Gasteiger partial charge in [-0.2, -0.15) is 0 Å². The van der Waals surface area contributed by atoms with Gasteiger partial charge < -0.3 is 19.9 Å². The van der Waals surface area contributed by atoms with E-state index in [1.807, 2.05) is 50.8 Å². The molecule has 0 unspecified atom stereocenters. The van der Waals surface area contributed by atoms with E-state index in [2.05, 4.69) is 15.6 Å². The Labute approximate surface area is 182 Å². The normalized spacial score (nSPS) is 21.0. The summed E-state index contributed by atoms with van der Waals surface area (Å²) >= 11 is 0. The maximum absolute atomic E-state index is 13.1. The number of fused-ring (bicyclic) bond motifs is 1. The molecule has 0 saturated carbocycles. The highest BCUT2D eigenvalue weighted by Gasteiger charge is 2.30. The third kappa shape index (κ3) is 4.14. The van der Waals surface area contributed by atoms with Crippen molar-refractivity contribution in [3.8, 4) is 5.69 Å². The molecular formula is C22H30N6O3. The van der Waals surface area contributed by atoms with Crippen LogP contribution < -0.4 is 5.32 Å². The lowest BCUT2D eigenvalue weighted by molar-refractivity contribution is -0.0587. The Morgan fingerprint density at radius 3 is 2.65 bits per heavy atom. The lowest BCUT2D eigenvalue weighted by Crippen LogP contribution is -2.48. The van der Waals surface area contributed by atoms with Crippen LogP contribution in [-0.4, -0.2) is 75.1 Å². The van der Waals surface area contributed by atoms with Crippen LogP contribution in [0.3, 0.4) is 0 Å². The van der Waals surface area contributed by atoms with Crippen LogP contribution in [0.2, 0.25) is 0 Å². The highest BCUT2D eigenvalue weighted by molar-refractivity contribution is 5.93. The van der Waals surface area contributed by atoms with Crippen molar-refractivity contribution >= 4 is 11.9 Å². The van der Waals surface area contributed by atoms with Crippen molar-refractivity contribution in [3.63, 3.8) is 0 Å². The first kappa shape index (κ1) is 21.3. The summed E-state index contributed by atoms with van der Waals surface area (Å²) in [5.74, 6) is -0.113. The number of nitrogens with one attached hydrogen (secondary N) is 1. The van der Waals surface area contributed by atoms with Crippen LogP contribution >= 0.6 is 0 Å². The fourth-order valence-corrected chi connectivity index (χ4v) is 4.47. The zero-order valence-corrected chi connectivity index (χ0v) is 18.6. The molecule has 1 saturated heterocycles. The lowest BCUT2D eigenvalue weighted by Gasteiger charge is -2.34. The molecule has 2 aliphatic rings. The highest BCUT2D eigenvalue weighted by atomic mass is 16.5. The number of hydrogen-bond acceptors (Lipinski definition) is 5. The summed E-state index contributed by atoms with van der Waals surface area (Å²) < 4.78 is 7.49. The molecule has 0 spiro atoms. The van der Waals surface area contributed by atoms with Crippen molar-refractivity contribution in [2.45, 2.75) is 52.9 Å². The standard InChI is InChI=1S/C22H30N6O3/c1-5-23-22(30)26-10-9-18-17(13-26)7-6-8-19(18)28-16(4)20(24-25-28)21(29)27-11-14(2)31-15(3)12-27/h6-8,14-15H,5,9-13H2,1-4H3,(H,23,30)/t14-,15+. The molecule has 3 heterocycles. The molecule has 9 heteroatoms. The number of aromatic nitrogens is 3. The summed E-state index contributed by atoms with van der Waals surface area (Å²) in [6, 6.07) is 5.95. The Balaban J connectivity index is 1.60. The first-order valence-electron chi connectivity index (χ1n) is 10.9. The summed E-state index contributed by atoms with van der Waals surface area (Å²) in [5.41, 5.74) is 4.24. The molecule has 0 bridgehead atoms. The highest BCUT2D eigenvalue weighted by Crippen LogP contribution is 2.26. The van der Waals surface area contributed by atoms with Crippen LogP contribution in [0.5, 0.6) is 0 Å². The van der Waals surface area contributed by atoms with Gasteiger partial charge in [0.2, 0.25) is 0 Å². The second-order valence-corrected chi connectivity index (χ2v) is 8.32. The second kappa shape index (κ2) is 8.66. The van der Waals surface area contributed by atoms with E-state index in [1.54, 1.807) is 9.58 Å². The van der Waals surface area contributed by atoms with Gasteiger partial charge in [0.05, 0.1) is 23.6 Å². The molecule has 0 aliphatic carbocycles. The molecular weight excluding hydrogens is 396 g/mol. The average Bonchev–Trinajstić information content (AvgIpc) is 3.12. The van der Waals surface area contributed by atoms with E-state index in [0.29, 0.717) is 38.4 Å². The molecule has 1 fully saturated rings. The van der Waals surface area contributed by atoms with Gasteiger partial charge >= 0.3 is 6.03 Å². The summed E-state index contributed by atoms with van der Waals surface area (Å²) in [7, 11) is 0. The first-order chi connectivity index (χ1) is 14.9. The molecule has 9 nitrogen and oxygen atoms in total. The van der Waals surface area contributed by atoms with E-state index in [4.69, 9.17) is 4.74 Å². The Kier molecular flexibility index (Phi) is 5.95. The van der Waals surface area contributed by atoms with Gasteiger partial charge in [0.25, 0.3) is 5.91 Å². The van der Waals surface area contributed by atoms with E-state index in [9.17, 15) is 9.59 Å². The topological polar surface area (TPSA) is 92.6 Å². The van der Waals surface area contributed by atoms with Gasteiger partial charge in [0, 0.05) is 32.7 Å². The van der Waals surface area contributed by atoms with Crippen molar-refractivity contribution in [1.82, 2.24) is 30.1 Å². The number of hydrogen-bond donors (Lipinski definition) is 1. The quantitative estimate of drug-likeness (QED) is 0.809. The molecule has 1 aromatic heterocycles. The monoisotopic (exact) mass is 426 g/mol. The number of rotatable bonds is 3. The maximum atomic E-state index is 13.1. The number of morpholine rings is 1. The smallest absolute Gasteiger partial charge is 0.317 e. The lowest BCUT2D eigenvalue weighted by atomic mass is 9.98. The van der Waals surface area contributed by atoms with Crippen LogP contribution in [0.15, 0.2) is 18.2 Å². The van der Waals surface area contributed by atoms with Gasteiger partial charge in [-0.15, -0.1) is 5.10 Å². The Morgan fingerprint density at radius 2 is 1.94 bits per heavy atom. The van der Waals surface area contributed by atoms with E-state index in [0.717, 1.165) is 28.9 Å². The summed E-state index contributed by atoms with van der Waals surface area (Å²) in [5, 5.41) is 11.4. The molecule has 2 aromatic rings. The third-order valence-electron chi connectivity index (χ3n) is 5.89. The zero-order valence-electron chi connectivity index (χ0n) is 18.6. The van der Waals surface area contributed by atoms with E-state index in [1.165, 1.54) is 0 Å². The molecule has 2 aliphatic heterocycles. The van der Waals surface area contributed by atoms with Gasteiger partial charge in [0.1, 0.15) is 0 Å². The first-order valence-corrected chi connectivity index (χ1v) is 10.9. The second-order valence-electron chi connectivity index (χ2n) is 8.32. The van der Waals surface area contributed by atoms with Crippen molar-refractivity contribution in [3.05, 3.63) is 40.7 Å². The van der Waals surface area contributed by atoms with Gasteiger partial charge in [-0.1, -0.05) is 17.3 Å². The number of urea groups is 1. The third-order valence-corrected chi connectivity index (χ3v) is 5.89. The summed E-state index contributed by atoms with van der Waals surface area (Å²) in [4.78, 5) is 29.0. The van der Waals surface area contributed by atoms with Crippen LogP contribution in [0.4, 0.5) is 4.79 Å². The fourth-order valence-electron chi connectivity index (χ4n) is 4.47. The molecule has 0 radical (unpaired) electrons. The van der Waals surface area contributed by atoms with E-state index in [-0.39, 0.29) is 24.1 Å². The molecule has 4 rings (SSSR count). The van der Waals surface area contributed by atoms with Crippen LogP contribution in [0.25, 0.3) is 5.69 Å². The SMILES string of the molecule is CCNC(=O)N1CCc2c(cccc2-n2nnc(C(=O)N3C[C@@H](C)O[C@@H](C)C3)c2C)C1. The predicted octanol–water partition coefficient (Wildman–Crippen LogP) is 1.91. The van der Waals surface area contributed by atoms with Crippen molar-refractivity contribution < 1.29 is 14.3 Å². The largest absolute Gasteiger partial charge is 0.372 e. The number of carbonyl (C=O) groups excluding carboxylic acids is 2. The zero-order chi connectivity index (χ0) is 22.1. The number of ether oxygens (including phenoxy) is 1. The summed E-state index contributed by atoms with van der Waals surface area (Å²) in [6.45, 7) is 10.6. The van der Waals surface area contributed by atoms with Crippen LogP contribution in [0.1, 0.15) is 48.1 Å².